The van der Waals surface area contributed by atoms with Crippen molar-refractivity contribution in [2.45, 2.75) is 13.8 Å². The first-order chi connectivity index (χ1) is 11.5. The standard InChI is InChI=1S/C15H12Cl2N6S/c1-7-12(8(2)22(3)20-7)13-18-19-15-23(13)21-14(24-15)10-5-4-9(16)6-11(10)17/h4-6H,1-3H3. The topological polar surface area (TPSA) is 60.9 Å². The minimum atomic E-state index is 0.558. The lowest BCUT2D eigenvalue weighted by Crippen LogP contribution is -1.95. The quantitative estimate of drug-likeness (QED) is 0.524. The molecule has 9 heteroatoms. The molecule has 0 fully saturated rings. The van der Waals surface area contributed by atoms with Gasteiger partial charge in [0.2, 0.25) is 4.96 Å². The number of fused-ring (bicyclic) bond motifs is 1. The Morgan fingerprint density at radius 3 is 2.54 bits per heavy atom. The lowest BCUT2D eigenvalue weighted by Gasteiger charge is -2.00. The van der Waals surface area contributed by atoms with Crippen LogP contribution >= 0.6 is 34.5 Å². The van der Waals surface area contributed by atoms with E-state index in [0.717, 1.165) is 27.5 Å². The van der Waals surface area contributed by atoms with E-state index in [-0.39, 0.29) is 0 Å². The van der Waals surface area contributed by atoms with E-state index < -0.39 is 0 Å². The van der Waals surface area contributed by atoms with Crippen molar-refractivity contribution >= 4 is 39.5 Å². The molecule has 4 aromatic rings. The molecule has 0 radical (unpaired) electrons. The molecule has 4 rings (SSSR count). The molecule has 0 aliphatic carbocycles. The molecule has 0 amide bonds. The van der Waals surface area contributed by atoms with Crippen LogP contribution in [0.2, 0.25) is 10.0 Å². The van der Waals surface area contributed by atoms with Gasteiger partial charge in [-0.15, -0.1) is 10.2 Å². The van der Waals surface area contributed by atoms with E-state index in [4.69, 9.17) is 23.2 Å². The normalized spacial score (nSPS) is 11.5. The van der Waals surface area contributed by atoms with Crippen molar-refractivity contribution in [3.8, 4) is 22.0 Å². The van der Waals surface area contributed by atoms with Crippen molar-refractivity contribution in [1.29, 1.82) is 0 Å². The molecule has 0 spiro atoms. The van der Waals surface area contributed by atoms with Gasteiger partial charge in [0.1, 0.15) is 5.01 Å². The Kier molecular flexibility index (Phi) is 3.59. The molecule has 0 saturated carbocycles. The smallest absolute Gasteiger partial charge is 0.235 e. The second-order valence-corrected chi connectivity index (χ2v) is 7.22. The molecule has 1 aromatic carbocycles. The van der Waals surface area contributed by atoms with Crippen molar-refractivity contribution in [3.05, 3.63) is 39.6 Å². The Morgan fingerprint density at radius 1 is 1.08 bits per heavy atom. The lowest BCUT2D eigenvalue weighted by molar-refractivity contribution is 0.731. The number of hydrogen-bond donors (Lipinski definition) is 0. The maximum Gasteiger partial charge on any atom is 0.235 e. The first-order valence-electron chi connectivity index (χ1n) is 7.14. The predicted octanol–water partition coefficient (Wildman–Crippen LogP) is 4.18. The van der Waals surface area contributed by atoms with Crippen molar-refractivity contribution in [2.24, 2.45) is 7.05 Å². The zero-order valence-electron chi connectivity index (χ0n) is 13.1. The highest BCUT2D eigenvalue weighted by Crippen LogP contribution is 2.34. The molecule has 0 saturated heterocycles. The van der Waals surface area contributed by atoms with E-state index >= 15 is 0 Å². The van der Waals surface area contributed by atoms with E-state index in [0.29, 0.717) is 20.8 Å². The SMILES string of the molecule is Cc1nn(C)c(C)c1-c1nnc2sc(-c3ccc(Cl)cc3Cl)nn12. The minimum absolute atomic E-state index is 0.558. The molecule has 122 valence electrons. The molecule has 0 bridgehead atoms. The maximum atomic E-state index is 6.29. The first kappa shape index (κ1) is 15.6. The van der Waals surface area contributed by atoms with Gasteiger partial charge in [-0.2, -0.15) is 14.7 Å². The van der Waals surface area contributed by atoms with Gasteiger partial charge in [-0.05, 0) is 32.0 Å². The summed E-state index contributed by atoms with van der Waals surface area (Å²) in [6, 6.07) is 5.36. The third kappa shape index (κ3) is 2.31. The van der Waals surface area contributed by atoms with E-state index in [2.05, 4.69) is 20.4 Å². The van der Waals surface area contributed by atoms with Crippen LogP contribution in [-0.4, -0.2) is 29.6 Å². The lowest BCUT2D eigenvalue weighted by atomic mass is 10.2. The van der Waals surface area contributed by atoms with Gasteiger partial charge in [0.25, 0.3) is 0 Å². The molecule has 0 atom stereocenters. The molecule has 0 unspecified atom stereocenters. The highest BCUT2D eigenvalue weighted by molar-refractivity contribution is 7.19. The van der Waals surface area contributed by atoms with Crippen LogP contribution in [0, 0.1) is 13.8 Å². The first-order valence-corrected chi connectivity index (χ1v) is 8.71. The van der Waals surface area contributed by atoms with Crippen LogP contribution in [0.3, 0.4) is 0 Å². The van der Waals surface area contributed by atoms with Gasteiger partial charge < -0.3 is 0 Å². The minimum Gasteiger partial charge on any atom is -0.272 e. The van der Waals surface area contributed by atoms with Crippen LogP contribution < -0.4 is 0 Å². The molecule has 0 aliphatic rings. The molecule has 3 heterocycles. The number of halogens is 2. The Balaban J connectivity index is 1.90. The molecule has 24 heavy (non-hydrogen) atoms. The van der Waals surface area contributed by atoms with Gasteiger partial charge in [0.15, 0.2) is 5.82 Å². The average molecular weight is 379 g/mol. The van der Waals surface area contributed by atoms with E-state index in [1.54, 1.807) is 16.6 Å². The number of nitrogens with zero attached hydrogens (tertiary/aromatic N) is 6. The molecule has 0 aliphatic heterocycles. The molecule has 6 nitrogen and oxygen atoms in total. The predicted molar refractivity (Wildman–Crippen MR) is 95.8 cm³/mol. The number of rotatable bonds is 2. The van der Waals surface area contributed by atoms with Crippen molar-refractivity contribution < 1.29 is 0 Å². The Morgan fingerprint density at radius 2 is 1.88 bits per heavy atom. The van der Waals surface area contributed by atoms with Crippen LogP contribution in [0.4, 0.5) is 0 Å². The van der Waals surface area contributed by atoms with Crippen LogP contribution in [0.1, 0.15) is 11.4 Å². The highest BCUT2D eigenvalue weighted by atomic mass is 35.5. The Bertz CT molecular complexity index is 1080. The van der Waals surface area contributed by atoms with Gasteiger partial charge in [0.05, 0.1) is 16.3 Å². The average Bonchev–Trinajstić information content (AvgIpc) is 3.15. The fourth-order valence-corrected chi connectivity index (χ4v) is 4.07. The van der Waals surface area contributed by atoms with E-state index in [1.165, 1.54) is 11.3 Å². The Labute approximate surface area is 151 Å². The summed E-state index contributed by atoms with van der Waals surface area (Å²) in [7, 11) is 1.91. The molecular formula is C15H12Cl2N6S. The Hall–Kier alpha value is -1.96. The molecular weight excluding hydrogens is 367 g/mol. The number of aromatic nitrogens is 6. The zero-order chi connectivity index (χ0) is 17.0. The highest BCUT2D eigenvalue weighted by Gasteiger charge is 2.21. The fourth-order valence-electron chi connectivity index (χ4n) is 2.64. The number of hydrogen-bond acceptors (Lipinski definition) is 5. The largest absolute Gasteiger partial charge is 0.272 e. The summed E-state index contributed by atoms with van der Waals surface area (Å²) in [5.41, 5.74) is 3.68. The summed E-state index contributed by atoms with van der Waals surface area (Å²) < 4.78 is 3.57. The maximum absolute atomic E-state index is 6.29. The number of benzene rings is 1. The third-order valence-electron chi connectivity index (χ3n) is 3.89. The van der Waals surface area contributed by atoms with E-state index in [9.17, 15) is 0 Å². The van der Waals surface area contributed by atoms with Crippen LogP contribution in [0.5, 0.6) is 0 Å². The van der Waals surface area contributed by atoms with Crippen molar-refractivity contribution in [1.82, 2.24) is 29.6 Å². The summed E-state index contributed by atoms with van der Waals surface area (Å²) in [6.45, 7) is 3.95. The van der Waals surface area contributed by atoms with Crippen LogP contribution in [0.15, 0.2) is 18.2 Å². The fraction of sp³-hybridized carbons (Fsp3) is 0.200. The van der Waals surface area contributed by atoms with Gasteiger partial charge in [0, 0.05) is 23.3 Å². The molecule has 3 aromatic heterocycles. The van der Waals surface area contributed by atoms with Crippen LogP contribution in [-0.2, 0) is 7.05 Å². The third-order valence-corrected chi connectivity index (χ3v) is 5.36. The van der Waals surface area contributed by atoms with Gasteiger partial charge >= 0.3 is 0 Å². The summed E-state index contributed by atoms with van der Waals surface area (Å²) in [4.78, 5) is 0.702. The summed E-state index contributed by atoms with van der Waals surface area (Å²) in [5, 5.41) is 19.5. The van der Waals surface area contributed by atoms with E-state index in [1.807, 2.05) is 31.6 Å². The van der Waals surface area contributed by atoms with Gasteiger partial charge in [-0.3, -0.25) is 4.68 Å². The van der Waals surface area contributed by atoms with Gasteiger partial charge in [-0.25, -0.2) is 0 Å². The second kappa shape index (κ2) is 5.54. The van der Waals surface area contributed by atoms with Crippen molar-refractivity contribution in [3.63, 3.8) is 0 Å². The summed E-state index contributed by atoms with van der Waals surface area (Å²) in [6.07, 6.45) is 0. The monoisotopic (exact) mass is 378 g/mol. The van der Waals surface area contributed by atoms with Crippen LogP contribution in [0.25, 0.3) is 26.9 Å². The zero-order valence-corrected chi connectivity index (χ0v) is 15.4. The second-order valence-electron chi connectivity index (χ2n) is 5.42. The van der Waals surface area contributed by atoms with Crippen molar-refractivity contribution in [2.75, 3.05) is 0 Å². The summed E-state index contributed by atoms with van der Waals surface area (Å²) >= 11 is 13.7. The molecule has 0 N–H and O–H groups in total. The number of aryl methyl sites for hydroxylation is 2. The van der Waals surface area contributed by atoms with Gasteiger partial charge in [-0.1, -0.05) is 34.5 Å². The summed E-state index contributed by atoms with van der Waals surface area (Å²) in [5.74, 6) is 0.681.